The number of hydrogen-bond donors (Lipinski definition) is 0. The summed E-state index contributed by atoms with van der Waals surface area (Å²) >= 11 is 1.61. The van der Waals surface area contributed by atoms with Crippen molar-refractivity contribution in [2.24, 2.45) is 0 Å². The van der Waals surface area contributed by atoms with E-state index in [0.717, 1.165) is 12.8 Å². The fourth-order valence-corrected chi connectivity index (χ4v) is 1.60. The van der Waals surface area contributed by atoms with E-state index in [1.807, 2.05) is 13.2 Å². The molecule has 0 bridgehead atoms. The van der Waals surface area contributed by atoms with Gasteiger partial charge in [0, 0.05) is 0 Å². The first-order valence-corrected chi connectivity index (χ1v) is 4.70. The molecular weight excluding hydrogens is 148 g/mol. The third-order valence-electron chi connectivity index (χ3n) is 1.74. The molecule has 3 heteroatoms. The average molecular weight is 160 g/mol. The van der Waals surface area contributed by atoms with Crippen LogP contribution in [0, 0.1) is 0 Å². The smallest absolute Gasteiger partial charge is 0.322 e. The van der Waals surface area contributed by atoms with Gasteiger partial charge in [-0.05, 0) is 26.0 Å². The number of rotatable bonds is 3. The van der Waals surface area contributed by atoms with E-state index < -0.39 is 0 Å². The number of ether oxygens (including phenoxy) is 1. The molecule has 0 amide bonds. The molecule has 1 aliphatic carbocycles. The normalized spacial score (nSPS) is 20.2. The highest BCUT2D eigenvalue weighted by Gasteiger charge is 2.50. The number of thioether (sulfide) groups is 1. The third-order valence-corrected chi connectivity index (χ3v) is 3.10. The van der Waals surface area contributed by atoms with Crippen LogP contribution in [0.5, 0.6) is 0 Å². The molecule has 0 aromatic rings. The van der Waals surface area contributed by atoms with E-state index in [1.54, 1.807) is 11.8 Å². The molecule has 0 unspecified atom stereocenters. The predicted octanol–water partition coefficient (Wildman–Crippen LogP) is 1.45. The van der Waals surface area contributed by atoms with Gasteiger partial charge in [0.15, 0.2) is 0 Å². The minimum atomic E-state index is -0.143. The lowest BCUT2D eigenvalue weighted by atomic mass is 10.4. The fourth-order valence-electron chi connectivity index (χ4n) is 0.868. The molecule has 1 fully saturated rings. The first-order chi connectivity index (χ1) is 4.75. The van der Waals surface area contributed by atoms with Crippen LogP contribution in [-0.2, 0) is 9.53 Å². The average Bonchev–Trinajstić information content (AvgIpc) is 2.68. The predicted molar refractivity (Wildman–Crippen MR) is 42.1 cm³/mol. The summed E-state index contributed by atoms with van der Waals surface area (Å²) in [6.45, 7) is 2.34. The molecule has 0 aliphatic heterocycles. The highest BCUT2D eigenvalue weighted by atomic mass is 32.2. The standard InChI is InChI=1S/C7H12O2S/c1-3-9-6(8)7(10-2)4-5-7/h3-5H2,1-2H3. The molecule has 0 saturated heterocycles. The number of carbonyl (C=O) groups is 1. The minimum Gasteiger partial charge on any atom is -0.465 e. The zero-order valence-corrected chi connectivity index (χ0v) is 7.16. The summed E-state index contributed by atoms with van der Waals surface area (Å²) in [5.41, 5.74) is 0. The van der Waals surface area contributed by atoms with Gasteiger partial charge in [0.05, 0.1) is 6.61 Å². The monoisotopic (exact) mass is 160 g/mol. The van der Waals surface area contributed by atoms with Crippen molar-refractivity contribution in [3.63, 3.8) is 0 Å². The Kier molecular flexibility index (Phi) is 2.24. The van der Waals surface area contributed by atoms with E-state index in [-0.39, 0.29) is 10.7 Å². The van der Waals surface area contributed by atoms with Crippen LogP contribution >= 0.6 is 11.8 Å². The van der Waals surface area contributed by atoms with Gasteiger partial charge in [-0.15, -0.1) is 11.8 Å². The van der Waals surface area contributed by atoms with Crippen LogP contribution in [0.4, 0.5) is 0 Å². The third kappa shape index (κ3) is 1.29. The molecule has 1 aliphatic rings. The van der Waals surface area contributed by atoms with Crippen molar-refractivity contribution in [1.82, 2.24) is 0 Å². The maximum atomic E-state index is 11.1. The van der Waals surface area contributed by atoms with Crippen molar-refractivity contribution >= 4 is 17.7 Å². The Morgan fingerprint density at radius 2 is 2.30 bits per heavy atom. The Balaban J connectivity index is 2.40. The zero-order valence-electron chi connectivity index (χ0n) is 6.35. The molecule has 10 heavy (non-hydrogen) atoms. The molecule has 0 radical (unpaired) electrons. The molecule has 2 nitrogen and oxygen atoms in total. The van der Waals surface area contributed by atoms with Crippen molar-refractivity contribution in [2.75, 3.05) is 12.9 Å². The van der Waals surface area contributed by atoms with Crippen LogP contribution in [0.2, 0.25) is 0 Å². The van der Waals surface area contributed by atoms with E-state index >= 15 is 0 Å². The Bertz CT molecular complexity index is 141. The van der Waals surface area contributed by atoms with Crippen molar-refractivity contribution < 1.29 is 9.53 Å². The summed E-state index contributed by atoms with van der Waals surface area (Å²) in [4.78, 5) is 11.1. The number of esters is 1. The summed E-state index contributed by atoms with van der Waals surface area (Å²) in [5, 5.41) is 0. The second-order valence-corrected chi connectivity index (χ2v) is 3.61. The van der Waals surface area contributed by atoms with Gasteiger partial charge in [0.2, 0.25) is 0 Å². The summed E-state index contributed by atoms with van der Waals surface area (Å²) in [5.74, 6) is -0.0255. The fraction of sp³-hybridized carbons (Fsp3) is 0.857. The Labute approximate surface area is 65.3 Å². The van der Waals surface area contributed by atoms with Crippen LogP contribution in [0.15, 0.2) is 0 Å². The lowest BCUT2D eigenvalue weighted by molar-refractivity contribution is -0.143. The molecule has 0 N–H and O–H groups in total. The lowest BCUT2D eigenvalue weighted by Gasteiger charge is -2.09. The molecule has 0 atom stereocenters. The second-order valence-electron chi connectivity index (χ2n) is 2.42. The summed E-state index contributed by atoms with van der Waals surface area (Å²) < 4.78 is 4.76. The van der Waals surface area contributed by atoms with Crippen molar-refractivity contribution in [2.45, 2.75) is 24.5 Å². The van der Waals surface area contributed by atoms with E-state index in [1.165, 1.54) is 0 Å². The van der Waals surface area contributed by atoms with Gasteiger partial charge in [0.1, 0.15) is 4.75 Å². The van der Waals surface area contributed by atoms with Gasteiger partial charge in [-0.1, -0.05) is 0 Å². The van der Waals surface area contributed by atoms with Gasteiger partial charge in [-0.3, -0.25) is 4.79 Å². The van der Waals surface area contributed by atoms with Crippen molar-refractivity contribution in [1.29, 1.82) is 0 Å². The second kappa shape index (κ2) is 2.82. The van der Waals surface area contributed by atoms with E-state index in [2.05, 4.69) is 0 Å². The lowest BCUT2D eigenvalue weighted by Crippen LogP contribution is -2.21. The molecular formula is C7H12O2S. The van der Waals surface area contributed by atoms with Gasteiger partial charge in [-0.2, -0.15) is 0 Å². The molecule has 0 spiro atoms. The van der Waals surface area contributed by atoms with Crippen molar-refractivity contribution in [3.8, 4) is 0 Å². The topological polar surface area (TPSA) is 26.3 Å². The quantitative estimate of drug-likeness (QED) is 0.584. The summed E-state index contributed by atoms with van der Waals surface area (Å²) in [6, 6.07) is 0. The largest absolute Gasteiger partial charge is 0.465 e. The number of hydrogen-bond acceptors (Lipinski definition) is 3. The van der Waals surface area contributed by atoms with E-state index in [0.29, 0.717) is 6.61 Å². The SMILES string of the molecule is CCOC(=O)C1(SC)CC1. The van der Waals surface area contributed by atoms with Crippen LogP contribution in [0.25, 0.3) is 0 Å². The van der Waals surface area contributed by atoms with Crippen LogP contribution < -0.4 is 0 Å². The molecule has 0 aromatic carbocycles. The molecule has 1 rings (SSSR count). The maximum absolute atomic E-state index is 11.1. The van der Waals surface area contributed by atoms with Crippen molar-refractivity contribution in [3.05, 3.63) is 0 Å². The highest BCUT2D eigenvalue weighted by molar-refractivity contribution is 8.01. The van der Waals surface area contributed by atoms with Gasteiger partial charge < -0.3 is 4.74 Å². The molecule has 0 aromatic heterocycles. The summed E-state index contributed by atoms with van der Waals surface area (Å²) in [6.07, 6.45) is 3.95. The van der Waals surface area contributed by atoms with Crippen LogP contribution in [0.1, 0.15) is 19.8 Å². The maximum Gasteiger partial charge on any atom is 0.322 e. The zero-order chi connectivity index (χ0) is 7.61. The Morgan fingerprint density at radius 3 is 2.60 bits per heavy atom. The van der Waals surface area contributed by atoms with Gasteiger partial charge in [-0.25, -0.2) is 0 Å². The first-order valence-electron chi connectivity index (χ1n) is 3.47. The first kappa shape index (κ1) is 7.92. The summed E-state index contributed by atoms with van der Waals surface area (Å²) in [7, 11) is 0. The molecule has 0 heterocycles. The van der Waals surface area contributed by atoms with E-state index in [4.69, 9.17) is 4.74 Å². The van der Waals surface area contributed by atoms with Gasteiger partial charge >= 0.3 is 5.97 Å². The minimum absolute atomic E-state index is 0.0255. The van der Waals surface area contributed by atoms with Gasteiger partial charge in [0.25, 0.3) is 0 Å². The van der Waals surface area contributed by atoms with Crippen LogP contribution in [-0.4, -0.2) is 23.6 Å². The van der Waals surface area contributed by atoms with Crippen LogP contribution in [0.3, 0.4) is 0 Å². The number of carbonyl (C=O) groups excluding carboxylic acids is 1. The Morgan fingerprint density at radius 1 is 1.70 bits per heavy atom. The molecule has 1 saturated carbocycles. The highest BCUT2D eigenvalue weighted by Crippen LogP contribution is 2.47. The Hall–Kier alpha value is -0.180. The molecule has 58 valence electrons. The van der Waals surface area contributed by atoms with E-state index in [9.17, 15) is 4.79 Å².